The first-order valence-electron chi connectivity index (χ1n) is 9.88. The molecule has 0 bridgehead atoms. The number of nitriles is 1. The van der Waals surface area contributed by atoms with E-state index in [1.165, 1.54) is 18.3 Å². The number of amides is 1. The second-order valence-corrected chi connectivity index (χ2v) is 7.27. The lowest BCUT2D eigenvalue weighted by Gasteiger charge is -2.31. The van der Waals surface area contributed by atoms with E-state index in [1.807, 2.05) is 5.43 Å². The third-order valence-corrected chi connectivity index (χ3v) is 4.71. The maximum atomic E-state index is 13.6. The van der Waals surface area contributed by atoms with Crippen LogP contribution in [0.25, 0.3) is 0 Å². The number of hydrogen-bond donors (Lipinski definition) is 2. The Morgan fingerprint density at radius 1 is 0.946 bits per heavy atom. The van der Waals surface area contributed by atoms with Crippen molar-refractivity contribution in [2.75, 3.05) is 5.43 Å². The van der Waals surface area contributed by atoms with Crippen LogP contribution in [-0.2, 0) is 6.18 Å². The fraction of sp³-hybridized carbons (Fsp3) is 0.136. The Kier molecular flexibility index (Phi) is 6.20. The molecule has 1 aliphatic heterocycles. The van der Waals surface area contributed by atoms with Gasteiger partial charge in [-0.1, -0.05) is 0 Å². The van der Waals surface area contributed by atoms with Gasteiger partial charge in [-0.05, 0) is 42.5 Å². The topological polar surface area (TPSA) is 106 Å². The molecule has 37 heavy (non-hydrogen) atoms. The Hall–Kier alpha value is -4.74. The number of fused-ring (bicyclic) bond motifs is 1. The van der Waals surface area contributed by atoms with E-state index in [0.717, 1.165) is 24.3 Å². The quantitative estimate of drug-likeness (QED) is 0.334. The number of alkyl halides is 7. The van der Waals surface area contributed by atoms with Gasteiger partial charge in [0, 0.05) is 17.8 Å². The van der Waals surface area contributed by atoms with Crippen LogP contribution in [0.15, 0.2) is 54.7 Å². The van der Waals surface area contributed by atoms with Crippen LogP contribution in [0, 0.1) is 11.3 Å². The summed E-state index contributed by atoms with van der Waals surface area (Å²) in [6.07, 6.45) is -13.7. The second-order valence-electron chi connectivity index (χ2n) is 7.27. The lowest BCUT2D eigenvalue weighted by Crippen LogP contribution is -2.52. The molecule has 0 saturated heterocycles. The van der Waals surface area contributed by atoms with Gasteiger partial charge in [0.25, 0.3) is 5.91 Å². The van der Waals surface area contributed by atoms with Crippen LogP contribution in [0.5, 0.6) is 23.0 Å². The van der Waals surface area contributed by atoms with E-state index in [2.05, 4.69) is 19.9 Å². The number of nitrogens with one attached hydrogen (secondary N) is 2. The smallest absolute Gasteiger partial charge is 0.457 e. The average Bonchev–Trinajstić information content (AvgIpc) is 2.82. The van der Waals surface area contributed by atoms with E-state index >= 15 is 0 Å². The molecule has 2 heterocycles. The van der Waals surface area contributed by atoms with Crippen molar-refractivity contribution < 1.29 is 49.7 Å². The maximum absolute atomic E-state index is 13.6. The van der Waals surface area contributed by atoms with Crippen molar-refractivity contribution in [2.45, 2.75) is 18.4 Å². The number of rotatable bonds is 5. The minimum absolute atomic E-state index is 0.0221. The van der Waals surface area contributed by atoms with E-state index in [-0.39, 0.29) is 17.2 Å². The summed E-state index contributed by atoms with van der Waals surface area (Å²) in [7, 11) is 0. The molecule has 1 amide bonds. The second kappa shape index (κ2) is 9.04. The monoisotopic (exact) mass is 528 g/mol. The summed E-state index contributed by atoms with van der Waals surface area (Å²) >= 11 is 0. The van der Waals surface area contributed by atoms with Gasteiger partial charge in [0.15, 0.2) is 11.5 Å². The summed E-state index contributed by atoms with van der Waals surface area (Å²) < 4.78 is 107. The zero-order valence-electron chi connectivity index (χ0n) is 17.9. The lowest BCUT2D eigenvalue weighted by molar-refractivity contribution is -0.391. The number of carbonyl (C=O) groups excluding carboxylic acids is 1. The summed E-state index contributed by atoms with van der Waals surface area (Å²) in [5.41, 5.74) is 1.72. The molecule has 1 aromatic heterocycles. The third-order valence-electron chi connectivity index (χ3n) is 4.71. The van der Waals surface area contributed by atoms with E-state index in [9.17, 15) is 35.5 Å². The van der Waals surface area contributed by atoms with Crippen LogP contribution < -0.4 is 25.1 Å². The Morgan fingerprint density at radius 2 is 1.62 bits per heavy atom. The molecule has 0 aliphatic carbocycles. The number of aromatic nitrogens is 1. The largest absolute Gasteiger partial charge is 0.507 e. The van der Waals surface area contributed by atoms with Gasteiger partial charge in [0.05, 0.1) is 11.3 Å². The molecule has 0 unspecified atom stereocenters. The number of nitrogens with zero attached hydrogens (tertiary/aromatic N) is 2. The molecule has 2 N–H and O–H groups in total. The molecule has 15 heteroatoms. The Bertz CT molecular complexity index is 1410. The third kappa shape index (κ3) is 5.27. The SMILES string of the molecule is N#Cc1cc(Oc2ccc(NNC(=O)c3ccc4c(c3)OC(F)(F)C(F)(F)O4)c(C(F)(F)F)c2)ccn1. The summed E-state index contributed by atoms with van der Waals surface area (Å²) in [6, 6.07) is 9.33. The van der Waals surface area contributed by atoms with E-state index < -0.39 is 52.6 Å². The summed E-state index contributed by atoms with van der Waals surface area (Å²) in [4.78, 5) is 16.1. The van der Waals surface area contributed by atoms with Crippen LogP contribution in [-0.4, -0.2) is 23.1 Å². The molecule has 192 valence electrons. The molecule has 2 aromatic carbocycles. The lowest BCUT2D eigenvalue weighted by atomic mass is 10.1. The fourth-order valence-corrected chi connectivity index (χ4v) is 3.01. The van der Waals surface area contributed by atoms with Gasteiger partial charge < -0.3 is 14.2 Å². The van der Waals surface area contributed by atoms with Crippen molar-refractivity contribution in [3.8, 4) is 29.1 Å². The van der Waals surface area contributed by atoms with Gasteiger partial charge in [-0.2, -0.15) is 36.0 Å². The molecule has 0 spiro atoms. The summed E-state index contributed by atoms with van der Waals surface area (Å²) in [6.45, 7) is 0. The van der Waals surface area contributed by atoms with Gasteiger partial charge in [-0.3, -0.25) is 15.6 Å². The molecule has 3 aromatic rings. The first kappa shape index (κ1) is 25.4. The van der Waals surface area contributed by atoms with Crippen molar-refractivity contribution in [1.29, 1.82) is 5.26 Å². The van der Waals surface area contributed by atoms with Crippen LogP contribution in [0.4, 0.5) is 36.4 Å². The van der Waals surface area contributed by atoms with Crippen LogP contribution in [0.1, 0.15) is 21.6 Å². The zero-order chi connectivity index (χ0) is 27.0. The van der Waals surface area contributed by atoms with Crippen molar-refractivity contribution in [3.05, 3.63) is 71.5 Å². The predicted octanol–water partition coefficient (Wildman–Crippen LogP) is 5.48. The van der Waals surface area contributed by atoms with Crippen molar-refractivity contribution in [1.82, 2.24) is 10.4 Å². The molecule has 0 radical (unpaired) electrons. The van der Waals surface area contributed by atoms with Crippen molar-refractivity contribution in [2.24, 2.45) is 0 Å². The highest BCUT2D eigenvalue weighted by atomic mass is 19.4. The van der Waals surface area contributed by atoms with Gasteiger partial charge in [0.1, 0.15) is 23.3 Å². The molecular formula is C22H11F7N4O4. The molecule has 8 nitrogen and oxygen atoms in total. The van der Waals surface area contributed by atoms with E-state index in [0.29, 0.717) is 12.1 Å². The highest BCUT2D eigenvalue weighted by Crippen LogP contribution is 2.47. The van der Waals surface area contributed by atoms with Gasteiger partial charge in [0.2, 0.25) is 0 Å². The van der Waals surface area contributed by atoms with E-state index in [4.69, 9.17) is 10.00 Å². The molecule has 1 aliphatic rings. The number of carbonyl (C=O) groups is 1. The molecule has 0 fully saturated rings. The number of halogens is 7. The normalized spacial score (nSPS) is 15.3. The predicted molar refractivity (Wildman–Crippen MR) is 109 cm³/mol. The number of benzene rings is 2. The first-order chi connectivity index (χ1) is 17.3. The number of ether oxygens (including phenoxy) is 3. The standard InChI is InChI=1S/C22H11F7N4O4/c23-20(24,25)15-9-13(35-14-5-6-31-12(8-14)10-30)2-3-16(15)32-33-19(34)11-1-4-17-18(7-11)37-22(28,29)21(26,27)36-17/h1-9,32H,(H,33,34). The first-order valence-corrected chi connectivity index (χ1v) is 9.88. The minimum Gasteiger partial charge on any atom is -0.457 e. The van der Waals surface area contributed by atoms with Crippen LogP contribution >= 0.6 is 0 Å². The van der Waals surface area contributed by atoms with Gasteiger partial charge in [-0.15, -0.1) is 0 Å². The average molecular weight is 528 g/mol. The summed E-state index contributed by atoms with van der Waals surface area (Å²) in [5.74, 6) is -2.95. The fourth-order valence-electron chi connectivity index (χ4n) is 3.01. The molecule has 0 saturated carbocycles. The Labute approximate surface area is 202 Å². The highest BCUT2D eigenvalue weighted by Gasteiger charge is 2.66. The molecular weight excluding hydrogens is 517 g/mol. The Morgan fingerprint density at radius 3 is 2.30 bits per heavy atom. The van der Waals surface area contributed by atoms with Crippen molar-refractivity contribution in [3.63, 3.8) is 0 Å². The number of anilines is 1. The van der Waals surface area contributed by atoms with E-state index in [1.54, 1.807) is 6.07 Å². The van der Waals surface area contributed by atoms with Gasteiger partial charge in [-0.25, -0.2) is 4.98 Å². The van der Waals surface area contributed by atoms with Crippen LogP contribution in [0.3, 0.4) is 0 Å². The number of hydrazine groups is 1. The van der Waals surface area contributed by atoms with Gasteiger partial charge >= 0.3 is 18.4 Å². The number of hydrogen-bond acceptors (Lipinski definition) is 7. The zero-order valence-corrected chi connectivity index (χ0v) is 17.9. The Balaban J connectivity index is 1.51. The highest BCUT2D eigenvalue weighted by molar-refractivity contribution is 5.95. The summed E-state index contributed by atoms with van der Waals surface area (Å²) in [5, 5.41) is 8.87. The van der Waals surface area contributed by atoms with Crippen LogP contribution in [0.2, 0.25) is 0 Å². The molecule has 0 atom stereocenters. The number of pyridine rings is 1. The maximum Gasteiger partial charge on any atom is 0.507 e. The molecule has 4 rings (SSSR count). The minimum atomic E-state index is -5.02. The van der Waals surface area contributed by atoms with Crippen molar-refractivity contribution >= 4 is 11.6 Å².